The Bertz CT molecular complexity index is 413. The molecule has 0 aromatic heterocycles. The molecule has 88 valence electrons. The second-order valence-electron chi connectivity index (χ2n) is 3.59. The summed E-state index contributed by atoms with van der Waals surface area (Å²) >= 11 is 0.858. The molecule has 0 saturated carbocycles. The molecule has 0 aliphatic heterocycles. The first-order valence-corrected chi connectivity index (χ1v) is 5.57. The molecule has 1 aromatic carbocycles. The fourth-order valence-electron chi connectivity index (χ4n) is 1.14. The van der Waals surface area contributed by atoms with E-state index in [4.69, 9.17) is 5.11 Å². The van der Waals surface area contributed by atoms with Crippen LogP contribution in [-0.2, 0) is 15.2 Å². The van der Waals surface area contributed by atoms with Crippen LogP contribution in [0, 0.1) is 0 Å². The Morgan fingerprint density at radius 2 is 1.81 bits per heavy atom. The van der Waals surface area contributed by atoms with Crippen molar-refractivity contribution >= 4 is 22.8 Å². The van der Waals surface area contributed by atoms with Crippen molar-refractivity contribution in [2.75, 3.05) is 0 Å². The van der Waals surface area contributed by atoms with E-state index in [1.807, 2.05) is 0 Å². The molecular weight excluding hydrogens is 284 g/mol. The van der Waals surface area contributed by atoms with Gasteiger partial charge in [0.05, 0.1) is 0 Å². The van der Waals surface area contributed by atoms with Gasteiger partial charge >= 0.3 is 98.6 Å². The summed E-state index contributed by atoms with van der Waals surface area (Å²) in [4.78, 5) is 10.9. The van der Waals surface area contributed by atoms with E-state index < -0.39 is 21.9 Å². The van der Waals surface area contributed by atoms with Crippen molar-refractivity contribution in [1.29, 1.82) is 0 Å². The van der Waals surface area contributed by atoms with Crippen LogP contribution in [0.25, 0.3) is 0 Å². The second kappa shape index (κ2) is 4.13. The predicted octanol–water partition coefficient (Wildman–Crippen LogP) is 1.64. The minimum atomic E-state index is -4.45. The molecule has 2 unspecified atom stereocenters. The summed E-state index contributed by atoms with van der Waals surface area (Å²) < 4.78 is 36.0. The number of carboxylic acid groups (broad SMARTS) is 1. The molecule has 0 aliphatic rings. The molecule has 1 aromatic rings. The first-order valence-electron chi connectivity index (χ1n) is 4.35. The van der Waals surface area contributed by atoms with Crippen molar-refractivity contribution in [2.24, 2.45) is 0 Å². The van der Waals surface area contributed by atoms with Gasteiger partial charge in [-0.15, -0.1) is 0 Å². The topological polar surface area (TPSA) is 37.3 Å². The van der Waals surface area contributed by atoms with Gasteiger partial charge in [-0.05, 0) is 0 Å². The number of halogens is 3. The molecule has 2 nitrogen and oxygen atoms in total. The normalized spacial score (nSPS) is 15.6. The van der Waals surface area contributed by atoms with Crippen molar-refractivity contribution in [1.82, 2.24) is 0 Å². The predicted molar refractivity (Wildman–Crippen MR) is 55.0 cm³/mol. The Kier molecular flexibility index (Phi) is 3.38. The molecule has 2 atom stereocenters. The zero-order valence-electron chi connectivity index (χ0n) is 8.38. The Morgan fingerprint density at radius 1 is 1.31 bits per heavy atom. The monoisotopic (exact) mass is 294 g/mol. The Labute approximate surface area is 99.0 Å². The minimum absolute atomic E-state index is 0.162. The van der Waals surface area contributed by atoms with Gasteiger partial charge in [0.15, 0.2) is 0 Å². The van der Waals surface area contributed by atoms with Crippen LogP contribution in [0.3, 0.4) is 0 Å². The standard InChI is InChI=1S/C10H10AsF3O2/c1-9(11,8(15)16)6-3-2-4-7(5-6)10(12,13)14/h2-5H,11H2,1H3,(H,15,16). The van der Waals surface area contributed by atoms with Crippen LogP contribution < -0.4 is 0 Å². The van der Waals surface area contributed by atoms with Crippen LogP contribution in [0.4, 0.5) is 13.2 Å². The molecule has 0 fully saturated rings. The van der Waals surface area contributed by atoms with Crippen molar-refractivity contribution in [3.05, 3.63) is 35.4 Å². The summed E-state index contributed by atoms with van der Waals surface area (Å²) in [6.45, 7) is 1.39. The molecule has 0 bridgehead atoms. The SMILES string of the molecule is CC([AsH2])(C(=O)O)c1cccc(C(F)(F)F)c1. The van der Waals surface area contributed by atoms with E-state index in [2.05, 4.69) is 0 Å². The van der Waals surface area contributed by atoms with Crippen LogP contribution in [0.1, 0.15) is 18.1 Å². The molecule has 1 rings (SSSR count). The fraction of sp³-hybridized carbons (Fsp3) is 0.300. The number of aliphatic carboxylic acids is 1. The maximum atomic E-state index is 12.4. The van der Waals surface area contributed by atoms with E-state index >= 15 is 0 Å². The molecule has 0 spiro atoms. The number of carbonyl (C=O) groups is 1. The van der Waals surface area contributed by atoms with Gasteiger partial charge < -0.3 is 0 Å². The Balaban J connectivity index is 3.23. The molecule has 0 heterocycles. The van der Waals surface area contributed by atoms with Gasteiger partial charge in [-0.2, -0.15) is 0 Å². The molecular formula is C10H10AsF3O2. The second-order valence-corrected chi connectivity index (χ2v) is 6.01. The third-order valence-corrected chi connectivity index (χ3v) is 3.45. The summed E-state index contributed by atoms with van der Waals surface area (Å²) in [6, 6.07) is 4.42. The van der Waals surface area contributed by atoms with Gasteiger partial charge in [0.25, 0.3) is 0 Å². The number of hydrogen-bond acceptors (Lipinski definition) is 1. The Morgan fingerprint density at radius 3 is 2.25 bits per heavy atom. The summed E-state index contributed by atoms with van der Waals surface area (Å²) in [5, 5.41) is 8.92. The zero-order valence-corrected chi connectivity index (χ0v) is 10.8. The van der Waals surface area contributed by atoms with Crippen LogP contribution in [0.15, 0.2) is 24.3 Å². The first kappa shape index (κ1) is 13.1. The Hall–Kier alpha value is -0.962. The van der Waals surface area contributed by atoms with E-state index in [0.717, 1.165) is 29.0 Å². The van der Waals surface area contributed by atoms with Gasteiger partial charge in [0, 0.05) is 0 Å². The number of benzene rings is 1. The summed E-state index contributed by atoms with van der Waals surface area (Å²) in [6.07, 6.45) is -4.45. The molecule has 0 aliphatic carbocycles. The van der Waals surface area contributed by atoms with Crippen molar-refractivity contribution in [2.45, 2.75) is 17.3 Å². The number of rotatable bonds is 2. The zero-order chi connectivity index (χ0) is 12.6. The maximum absolute atomic E-state index is 12.4. The van der Waals surface area contributed by atoms with Crippen LogP contribution >= 0.6 is 0 Å². The van der Waals surface area contributed by atoms with Crippen molar-refractivity contribution in [3.63, 3.8) is 0 Å². The third kappa shape index (κ3) is 2.58. The van der Waals surface area contributed by atoms with E-state index in [1.54, 1.807) is 0 Å². The molecule has 16 heavy (non-hydrogen) atoms. The number of hydrogen-bond donors (Lipinski definition) is 1. The number of alkyl halides is 3. The van der Waals surface area contributed by atoms with Crippen molar-refractivity contribution < 1.29 is 23.1 Å². The van der Waals surface area contributed by atoms with Crippen LogP contribution in [0.2, 0.25) is 0 Å². The quantitative estimate of drug-likeness (QED) is 0.842. The van der Waals surface area contributed by atoms with E-state index in [9.17, 15) is 18.0 Å². The van der Waals surface area contributed by atoms with E-state index in [-0.39, 0.29) is 5.56 Å². The average Bonchev–Trinajstić information content (AvgIpc) is 2.16. The van der Waals surface area contributed by atoms with Crippen LogP contribution in [-0.4, -0.2) is 27.9 Å². The first-order chi connectivity index (χ1) is 7.15. The fourth-order valence-corrected chi connectivity index (χ4v) is 1.52. The number of carboxylic acids is 1. The molecule has 1 N–H and O–H groups in total. The molecule has 0 saturated heterocycles. The van der Waals surface area contributed by atoms with Gasteiger partial charge in [-0.3, -0.25) is 0 Å². The van der Waals surface area contributed by atoms with Gasteiger partial charge in [-0.1, -0.05) is 0 Å². The van der Waals surface area contributed by atoms with E-state index in [0.29, 0.717) is 0 Å². The summed E-state index contributed by atoms with van der Waals surface area (Å²) in [5.74, 6) is -1.13. The van der Waals surface area contributed by atoms with E-state index in [1.165, 1.54) is 19.1 Å². The molecule has 0 amide bonds. The summed E-state index contributed by atoms with van der Waals surface area (Å²) in [5.41, 5.74) is -0.662. The van der Waals surface area contributed by atoms with Crippen molar-refractivity contribution in [3.8, 4) is 0 Å². The van der Waals surface area contributed by atoms with Crippen LogP contribution in [0.5, 0.6) is 0 Å². The van der Waals surface area contributed by atoms with Gasteiger partial charge in [0.2, 0.25) is 0 Å². The third-order valence-electron chi connectivity index (χ3n) is 2.23. The molecule has 6 heteroatoms. The summed E-state index contributed by atoms with van der Waals surface area (Å²) in [7, 11) is 0. The van der Waals surface area contributed by atoms with Gasteiger partial charge in [-0.25, -0.2) is 0 Å². The molecule has 0 radical (unpaired) electrons. The average molecular weight is 294 g/mol. The van der Waals surface area contributed by atoms with Gasteiger partial charge in [0.1, 0.15) is 0 Å².